The first-order valence-corrected chi connectivity index (χ1v) is 7.25. The first kappa shape index (κ1) is 14.6. The third kappa shape index (κ3) is 3.59. The van der Waals surface area contributed by atoms with Gasteiger partial charge in [0.25, 0.3) is 0 Å². The van der Waals surface area contributed by atoms with Gasteiger partial charge in [-0.05, 0) is 37.1 Å². The van der Waals surface area contributed by atoms with Crippen LogP contribution in [-0.4, -0.2) is 30.8 Å². The predicted molar refractivity (Wildman–Crippen MR) is 80.1 cm³/mol. The highest BCUT2D eigenvalue weighted by Gasteiger charge is 2.19. The summed E-state index contributed by atoms with van der Waals surface area (Å²) in [6.45, 7) is 5.32. The van der Waals surface area contributed by atoms with Crippen LogP contribution in [0.1, 0.15) is 43.5 Å². The number of hydrogen-bond acceptors (Lipinski definition) is 3. The summed E-state index contributed by atoms with van der Waals surface area (Å²) in [5.74, 6) is 0.229. The minimum absolute atomic E-state index is 0.0471. The van der Waals surface area contributed by atoms with Crippen molar-refractivity contribution in [2.24, 2.45) is 0 Å². The van der Waals surface area contributed by atoms with Crippen LogP contribution in [0.15, 0.2) is 24.3 Å². The zero-order valence-electron chi connectivity index (χ0n) is 12.2. The van der Waals surface area contributed by atoms with Gasteiger partial charge in [0.2, 0.25) is 5.91 Å². The van der Waals surface area contributed by atoms with E-state index in [0.717, 1.165) is 37.2 Å². The Morgan fingerprint density at radius 2 is 1.80 bits per heavy atom. The summed E-state index contributed by atoms with van der Waals surface area (Å²) in [4.78, 5) is 24.9. The molecule has 0 aliphatic carbocycles. The Hall–Kier alpha value is -1.84. The minimum atomic E-state index is 0.0471. The van der Waals surface area contributed by atoms with Crippen molar-refractivity contribution in [2.75, 3.05) is 18.0 Å². The van der Waals surface area contributed by atoms with Crippen molar-refractivity contribution in [1.82, 2.24) is 5.32 Å². The summed E-state index contributed by atoms with van der Waals surface area (Å²) in [6, 6.07) is 8.13. The molecule has 0 unspecified atom stereocenters. The topological polar surface area (TPSA) is 49.4 Å². The van der Waals surface area contributed by atoms with Crippen molar-refractivity contribution < 1.29 is 9.59 Å². The molecule has 1 saturated heterocycles. The quantitative estimate of drug-likeness (QED) is 0.858. The molecule has 1 heterocycles. The number of rotatable bonds is 4. The molecular formula is C16H22N2O2. The Kier molecular flexibility index (Phi) is 4.77. The number of Topliss-reactive ketones (excluding diaryl/α,β-unsaturated/α-hetero) is 1. The molecule has 4 heteroatoms. The van der Waals surface area contributed by atoms with Crippen molar-refractivity contribution in [3.63, 3.8) is 0 Å². The summed E-state index contributed by atoms with van der Waals surface area (Å²) >= 11 is 0. The van der Waals surface area contributed by atoms with Crippen LogP contribution in [-0.2, 0) is 4.79 Å². The summed E-state index contributed by atoms with van der Waals surface area (Å²) in [5.41, 5.74) is 1.93. The Labute approximate surface area is 120 Å². The number of anilines is 1. The van der Waals surface area contributed by atoms with Gasteiger partial charge in [-0.2, -0.15) is 0 Å². The molecule has 1 fully saturated rings. The maximum atomic E-state index is 11.6. The average molecular weight is 274 g/mol. The van der Waals surface area contributed by atoms with Gasteiger partial charge in [-0.25, -0.2) is 0 Å². The number of ketones is 1. The molecule has 0 saturated carbocycles. The number of carbonyl (C=O) groups excluding carboxylic acids is 2. The van der Waals surface area contributed by atoms with E-state index in [0.29, 0.717) is 12.5 Å². The molecule has 0 spiro atoms. The second-order valence-corrected chi connectivity index (χ2v) is 5.29. The number of hydrogen-bond donors (Lipinski definition) is 1. The summed E-state index contributed by atoms with van der Waals surface area (Å²) < 4.78 is 0. The largest absolute Gasteiger partial charge is 0.371 e. The fourth-order valence-corrected chi connectivity index (χ4v) is 2.63. The van der Waals surface area contributed by atoms with Gasteiger partial charge in [0.15, 0.2) is 5.78 Å². The lowest BCUT2D eigenvalue weighted by Crippen LogP contribution is -2.44. The van der Waals surface area contributed by atoms with Gasteiger partial charge < -0.3 is 10.2 Å². The third-order valence-corrected chi connectivity index (χ3v) is 3.78. The van der Waals surface area contributed by atoms with Crippen LogP contribution >= 0.6 is 0 Å². The number of amides is 1. The van der Waals surface area contributed by atoms with Crippen LogP contribution in [0, 0.1) is 0 Å². The molecule has 2 rings (SSSR count). The number of benzene rings is 1. The van der Waals surface area contributed by atoms with Crippen molar-refractivity contribution >= 4 is 17.4 Å². The van der Waals surface area contributed by atoms with Crippen molar-refractivity contribution in [3.05, 3.63) is 29.8 Å². The molecular weight excluding hydrogens is 252 g/mol. The Bertz CT molecular complexity index is 474. The van der Waals surface area contributed by atoms with Gasteiger partial charge >= 0.3 is 0 Å². The highest BCUT2D eigenvalue weighted by molar-refractivity contribution is 5.96. The summed E-state index contributed by atoms with van der Waals surface area (Å²) in [5, 5.41) is 2.98. The Morgan fingerprint density at radius 3 is 2.30 bits per heavy atom. The number of carbonyl (C=O) groups is 2. The maximum absolute atomic E-state index is 11.6. The fraction of sp³-hybridized carbons (Fsp3) is 0.500. The SMILES string of the molecule is CCC(=O)c1ccc(N2CCC(NC(C)=O)CC2)cc1. The van der Waals surface area contributed by atoms with E-state index in [2.05, 4.69) is 10.2 Å². The average Bonchev–Trinajstić information content (AvgIpc) is 2.47. The zero-order valence-corrected chi connectivity index (χ0v) is 12.2. The van der Waals surface area contributed by atoms with Crippen LogP contribution in [0.25, 0.3) is 0 Å². The van der Waals surface area contributed by atoms with Crippen LogP contribution in [0.4, 0.5) is 5.69 Å². The summed E-state index contributed by atoms with van der Waals surface area (Å²) in [7, 11) is 0. The molecule has 108 valence electrons. The third-order valence-electron chi connectivity index (χ3n) is 3.78. The van der Waals surface area contributed by atoms with Gasteiger partial charge in [-0.15, -0.1) is 0 Å². The number of nitrogens with one attached hydrogen (secondary N) is 1. The molecule has 0 bridgehead atoms. The molecule has 0 aromatic heterocycles. The first-order valence-electron chi connectivity index (χ1n) is 7.25. The summed E-state index contributed by atoms with van der Waals surface area (Å²) in [6.07, 6.45) is 2.48. The van der Waals surface area contributed by atoms with E-state index in [9.17, 15) is 9.59 Å². The molecule has 1 aliphatic heterocycles. The van der Waals surface area contributed by atoms with E-state index in [1.54, 1.807) is 6.92 Å². The molecule has 1 aliphatic rings. The fourth-order valence-electron chi connectivity index (χ4n) is 2.63. The van der Waals surface area contributed by atoms with E-state index >= 15 is 0 Å². The second-order valence-electron chi connectivity index (χ2n) is 5.29. The monoisotopic (exact) mass is 274 g/mol. The highest BCUT2D eigenvalue weighted by atomic mass is 16.1. The van der Waals surface area contributed by atoms with Crippen LogP contribution in [0.2, 0.25) is 0 Å². The molecule has 1 aromatic rings. The second kappa shape index (κ2) is 6.55. The number of piperidine rings is 1. The lowest BCUT2D eigenvalue weighted by molar-refractivity contribution is -0.119. The van der Waals surface area contributed by atoms with E-state index in [-0.39, 0.29) is 11.7 Å². The first-order chi connectivity index (χ1) is 9.60. The van der Waals surface area contributed by atoms with E-state index in [1.807, 2.05) is 31.2 Å². The Balaban J connectivity index is 1.93. The maximum Gasteiger partial charge on any atom is 0.217 e. The lowest BCUT2D eigenvalue weighted by Gasteiger charge is -2.33. The van der Waals surface area contributed by atoms with Crippen LogP contribution in [0.3, 0.4) is 0 Å². The van der Waals surface area contributed by atoms with Crippen molar-refractivity contribution in [2.45, 2.75) is 39.2 Å². The van der Waals surface area contributed by atoms with Crippen molar-refractivity contribution in [1.29, 1.82) is 0 Å². The van der Waals surface area contributed by atoms with E-state index in [4.69, 9.17) is 0 Å². The molecule has 20 heavy (non-hydrogen) atoms. The highest BCUT2D eigenvalue weighted by Crippen LogP contribution is 2.21. The van der Waals surface area contributed by atoms with Gasteiger partial charge in [-0.3, -0.25) is 9.59 Å². The van der Waals surface area contributed by atoms with Gasteiger partial charge in [0.1, 0.15) is 0 Å². The molecule has 1 N–H and O–H groups in total. The van der Waals surface area contributed by atoms with Crippen molar-refractivity contribution in [3.8, 4) is 0 Å². The minimum Gasteiger partial charge on any atom is -0.371 e. The smallest absolute Gasteiger partial charge is 0.217 e. The van der Waals surface area contributed by atoms with Crippen LogP contribution < -0.4 is 10.2 Å². The van der Waals surface area contributed by atoms with E-state index in [1.165, 1.54) is 0 Å². The zero-order chi connectivity index (χ0) is 14.5. The normalized spacial score (nSPS) is 16.0. The van der Waals surface area contributed by atoms with Gasteiger partial charge in [0, 0.05) is 43.7 Å². The standard InChI is InChI=1S/C16H22N2O2/c1-3-16(20)13-4-6-15(7-5-13)18-10-8-14(9-11-18)17-12(2)19/h4-7,14H,3,8-11H2,1-2H3,(H,17,19). The predicted octanol–water partition coefficient (Wildman–Crippen LogP) is 2.38. The number of nitrogens with zero attached hydrogens (tertiary/aromatic N) is 1. The Morgan fingerprint density at radius 1 is 1.20 bits per heavy atom. The molecule has 1 amide bonds. The van der Waals surface area contributed by atoms with Gasteiger partial charge in [0.05, 0.1) is 0 Å². The molecule has 4 nitrogen and oxygen atoms in total. The lowest BCUT2D eigenvalue weighted by atomic mass is 10.0. The van der Waals surface area contributed by atoms with Gasteiger partial charge in [-0.1, -0.05) is 6.92 Å². The molecule has 0 radical (unpaired) electrons. The molecule has 0 atom stereocenters. The van der Waals surface area contributed by atoms with Crippen LogP contribution in [0.5, 0.6) is 0 Å². The molecule has 1 aromatic carbocycles. The van der Waals surface area contributed by atoms with E-state index < -0.39 is 0 Å².